The van der Waals surface area contributed by atoms with Crippen molar-refractivity contribution < 1.29 is 9.53 Å². The standard InChI is InChI=1S/C13H20N2O2.ClH/c1-3-17-9-12-6-4-11(5-7-12)8-15-13(16)10(2)14;/h4-7,10H,3,8-9,14H2,1-2H3,(H,15,16);1H. The number of ether oxygens (including phenoxy) is 1. The molecular weight excluding hydrogens is 252 g/mol. The molecule has 0 bridgehead atoms. The van der Waals surface area contributed by atoms with Crippen LogP contribution in [0.15, 0.2) is 24.3 Å². The van der Waals surface area contributed by atoms with Gasteiger partial charge in [-0.05, 0) is 25.0 Å². The van der Waals surface area contributed by atoms with E-state index in [9.17, 15) is 4.79 Å². The van der Waals surface area contributed by atoms with E-state index in [0.29, 0.717) is 19.8 Å². The fourth-order valence-electron chi connectivity index (χ4n) is 1.32. The second-order valence-electron chi connectivity index (χ2n) is 3.96. The van der Waals surface area contributed by atoms with Crippen LogP contribution in [0.2, 0.25) is 0 Å². The third-order valence-electron chi connectivity index (χ3n) is 2.38. The summed E-state index contributed by atoms with van der Waals surface area (Å²) < 4.78 is 5.30. The number of hydrogen-bond acceptors (Lipinski definition) is 3. The average molecular weight is 273 g/mol. The van der Waals surface area contributed by atoms with Gasteiger partial charge in [-0.15, -0.1) is 12.4 Å². The van der Waals surface area contributed by atoms with Gasteiger partial charge in [-0.3, -0.25) is 4.79 Å². The molecule has 1 aromatic rings. The number of nitrogens with two attached hydrogens (primary N) is 1. The molecule has 5 heteroatoms. The summed E-state index contributed by atoms with van der Waals surface area (Å²) in [5.74, 6) is -0.136. The van der Waals surface area contributed by atoms with Crippen molar-refractivity contribution >= 4 is 18.3 Å². The minimum absolute atomic E-state index is 0. The van der Waals surface area contributed by atoms with Gasteiger partial charge in [-0.1, -0.05) is 24.3 Å². The molecule has 0 aliphatic carbocycles. The Morgan fingerprint density at radius 3 is 2.39 bits per heavy atom. The number of hydrogen-bond donors (Lipinski definition) is 2. The molecule has 0 aliphatic heterocycles. The predicted molar refractivity (Wildman–Crippen MR) is 74.5 cm³/mol. The molecule has 0 saturated heterocycles. The number of halogens is 1. The molecule has 18 heavy (non-hydrogen) atoms. The molecule has 0 radical (unpaired) electrons. The first-order chi connectivity index (χ1) is 8.13. The molecule has 1 atom stereocenters. The fraction of sp³-hybridized carbons (Fsp3) is 0.462. The Labute approximate surface area is 114 Å². The maximum atomic E-state index is 11.3. The van der Waals surface area contributed by atoms with Gasteiger partial charge in [0, 0.05) is 13.2 Å². The van der Waals surface area contributed by atoms with E-state index in [4.69, 9.17) is 10.5 Å². The largest absolute Gasteiger partial charge is 0.377 e. The van der Waals surface area contributed by atoms with Gasteiger partial charge in [0.25, 0.3) is 0 Å². The first-order valence-corrected chi connectivity index (χ1v) is 5.82. The molecule has 4 nitrogen and oxygen atoms in total. The maximum Gasteiger partial charge on any atom is 0.236 e. The van der Waals surface area contributed by atoms with E-state index in [-0.39, 0.29) is 18.3 Å². The summed E-state index contributed by atoms with van der Waals surface area (Å²) in [5.41, 5.74) is 7.64. The lowest BCUT2D eigenvalue weighted by atomic mass is 10.1. The highest BCUT2D eigenvalue weighted by atomic mass is 35.5. The Morgan fingerprint density at radius 2 is 1.89 bits per heavy atom. The molecule has 1 rings (SSSR count). The van der Waals surface area contributed by atoms with Gasteiger partial charge in [-0.2, -0.15) is 0 Å². The first-order valence-electron chi connectivity index (χ1n) is 5.82. The molecule has 0 aliphatic rings. The van der Waals surface area contributed by atoms with E-state index < -0.39 is 6.04 Å². The number of benzene rings is 1. The van der Waals surface area contributed by atoms with Crippen molar-refractivity contribution in [2.75, 3.05) is 6.61 Å². The number of carbonyl (C=O) groups excluding carboxylic acids is 1. The van der Waals surface area contributed by atoms with E-state index in [1.807, 2.05) is 31.2 Å². The summed E-state index contributed by atoms with van der Waals surface area (Å²) in [6, 6.07) is 7.50. The fourth-order valence-corrected chi connectivity index (χ4v) is 1.32. The normalized spacial score (nSPS) is 11.5. The smallest absolute Gasteiger partial charge is 0.236 e. The van der Waals surface area contributed by atoms with Crippen LogP contribution < -0.4 is 11.1 Å². The van der Waals surface area contributed by atoms with Crippen LogP contribution in [0.4, 0.5) is 0 Å². The highest BCUT2D eigenvalue weighted by molar-refractivity contribution is 5.85. The monoisotopic (exact) mass is 272 g/mol. The average Bonchev–Trinajstić information content (AvgIpc) is 2.34. The van der Waals surface area contributed by atoms with Crippen molar-refractivity contribution in [3.05, 3.63) is 35.4 Å². The van der Waals surface area contributed by atoms with Crippen LogP contribution in [0.5, 0.6) is 0 Å². The third kappa shape index (κ3) is 6.00. The Balaban J connectivity index is 0.00000289. The van der Waals surface area contributed by atoms with Crippen molar-refractivity contribution in [2.45, 2.75) is 33.0 Å². The molecule has 0 aromatic heterocycles. The summed E-state index contributed by atoms with van der Waals surface area (Å²) >= 11 is 0. The Kier molecular flexibility index (Phi) is 8.37. The first kappa shape index (κ1) is 16.9. The molecular formula is C13H21ClN2O2. The van der Waals surface area contributed by atoms with Crippen molar-refractivity contribution in [1.29, 1.82) is 0 Å². The highest BCUT2D eigenvalue weighted by Crippen LogP contribution is 2.05. The van der Waals surface area contributed by atoms with Crippen LogP contribution in [0.25, 0.3) is 0 Å². The molecule has 102 valence electrons. The molecule has 3 N–H and O–H groups in total. The van der Waals surface area contributed by atoms with Gasteiger partial charge in [0.1, 0.15) is 0 Å². The maximum absolute atomic E-state index is 11.3. The number of amides is 1. The minimum atomic E-state index is -0.466. The summed E-state index contributed by atoms with van der Waals surface area (Å²) in [6.07, 6.45) is 0. The zero-order valence-corrected chi connectivity index (χ0v) is 11.6. The summed E-state index contributed by atoms with van der Waals surface area (Å²) in [4.78, 5) is 11.3. The quantitative estimate of drug-likeness (QED) is 0.827. The van der Waals surface area contributed by atoms with Crippen LogP contribution in [-0.2, 0) is 22.7 Å². The van der Waals surface area contributed by atoms with Crippen LogP contribution >= 0.6 is 12.4 Å². The molecule has 1 aromatic carbocycles. The SMILES string of the molecule is CCOCc1ccc(CNC(=O)C(C)N)cc1.Cl. The third-order valence-corrected chi connectivity index (χ3v) is 2.38. The van der Waals surface area contributed by atoms with Gasteiger partial charge in [-0.25, -0.2) is 0 Å². The van der Waals surface area contributed by atoms with Crippen molar-refractivity contribution in [2.24, 2.45) is 5.73 Å². The number of nitrogens with one attached hydrogen (secondary N) is 1. The second-order valence-corrected chi connectivity index (χ2v) is 3.96. The Hall–Kier alpha value is -1.10. The van der Waals surface area contributed by atoms with E-state index in [1.165, 1.54) is 0 Å². The van der Waals surface area contributed by atoms with E-state index >= 15 is 0 Å². The van der Waals surface area contributed by atoms with Crippen LogP contribution in [0.1, 0.15) is 25.0 Å². The minimum Gasteiger partial charge on any atom is -0.377 e. The molecule has 0 saturated carbocycles. The number of carbonyl (C=O) groups is 1. The van der Waals surface area contributed by atoms with Crippen LogP contribution in [0.3, 0.4) is 0 Å². The van der Waals surface area contributed by atoms with E-state index in [2.05, 4.69) is 5.32 Å². The van der Waals surface area contributed by atoms with Gasteiger partial charge < -0.3 is 15.8 Å². The molecule has 1 unspecified atom stereocenters. The highest BCUT2D eigenvalue weighted by Gasteiger charge is 2.05. The Morgan fingerprint density at radius 1 is 1.33 bits per heavy atom. The Bertz CT molecular complexity index is 353. The summed E-state index contributed by atoms with van der Waals surface area (Å²) in [5, 5.41) is 2.77. The number of rotatable bonds is 6. The van der Waals surface area contributed by atoms with Gasteiger partial charge >= 0.3 is 0 Å². The van der Waals surface area contributed by atoms with Crippen LogP contribution in [-0.4, -0.2) is 18.6 Å². The summed E-state index contributed by atoms with van der Waals surface area (Å²) in [6.45, 7) is 5.49. The van der Waals surface area contributed by atoms with Gasteiger partial charge in [0.15, 0.2) is 0 Å². The van der Waals surface area contributed by atoms with Crippen LogP contribution in [0, 0.1) is 0 Å². The molecule has 0 fully saturated rings. The van der Waals surface area contributed by atoms with Crippen molar-refractivity contribution in [3.63, 3.8) is 0 Å². The van der Waals surface area contributed by atoms with Gasteiger partial charge in [0.2, 0.25) is 5.91 Å². The topological polar surface area (TPSA) is 64.3 Å². The second kappa shape index (κ2) is 8.91. The molecule has 0 spiro atoms. The van der Waals surface area contributed by atoms with Crippen molar-refractivity contribution in [1.82, 2.24) is 5.32 Å². The lowest BCUT2D eigenvalue weighted by Gasteiger charge is -2.08. The van der Waals surface area contributed by atoms with E-state index in [1.54, 1.807) is 6.92 Å². The lowest BCUT2D eigenvalue weighted by Crippen LogP contribution is -2.37. The lowest BCUT2D eigenvalue weighted by molar-refractivity contribution is -0.122. The molecule has 0 heterocycles. The van der Waals surface area contributed by atoms with E-state index in [0.717, 1.165) is 11.1 Å². The molecule has 1 amide bonds. The zero-order valence-electron chi connectivity index (χ0n) is 10.8. The summed E-state index contributed by atoms with van der Waals surface area (Å²) in [7, 11) is 0. The van der Waals surface area contributed by atoms with Crippen molar-refractivity contribution in [3.8, 4) is 0 Å². The van der Waals surface area contributed by atoms with Gasteiger partial charge in [0.05, 0.1) is 12.6 Å². The zero-order chi connectivity index (χ0) is 12.7. The predicted octanol–water partition coefficient (Wildman–Crippen LogP) is 1.61.